The van der Waals surface area contributed by atoms with Gasteiger partial charge in [-0.15, -0.1) is 0 Å². The first-order valence-electron chi connectivity index (χ1n) is 5.65. The molecule has 6 heteroatoms. The summed E-state index contributed by atoms with van der Waals surface area (Å²) < 4.78 is 23.8. The molecule has 1 unspecified atom stereocenters. The summed E-state index contributed by atoms with van der Waals surface area (Å²) >= 11 is 2.21. The summed E-state index contributed by atoms with van der Waals surface area (Å²) in [5.41, 5.74) is 1.74. The van der Waals surface area contributed by atoms with Gasteiger partial charge < -0.3 is 5.32 Å². The van der Waals surface area contributed by atoms with E-state index in [1.807, 2.05) is 25.1 Å². The van der Waals surface area contributed by atoms with Crippen LogP contribution in [-0.2, 0) is 14.6 Å². The molecule has 1 amide bonds. The number of amides is 1. The van der Waals surface area contributed by atoms with Crippen molar-refractivity contribution in [2.24, 2.45) is 5.92 Å². The van der Waals surface area contributed by atoms with Crippen molar-refractivity contribution in [2.45, 2.75) is 13.3 Å². The smallest absolute Gasteiger partial charge is 0.228 e. The summed E-state index contributed by atoms with van der Waals surface area (Å²) in [4.78, 5) is 12.0. The second-order valence-electron chi connectivity index (χ2n) is 4.55. The van der Waals surface area contributed by atoms with Crippen molar-refractivity contribution in [1.82, 2.24) is 0 Å². The summed E-state index contributed by atoms with van der Waals surface area (Å²) in [7, 11) is -3.01. The molecule has 0 spiro atoms. The third kappa shape index (κ3) is 3.23. The fourth-order valence-electron chi connectivity index (χ4n) is 2.00. The van der Waals surface area contributed by atoms with Crippen LogP contribution in [0.25, 0.3) is 0 Å². The molecule has 1 saturated heterocycles. The molecule has 0 aliphatic carbocycles. The maximum absolute atomic E-state index is 12.0. The molecule has 1 aliphatic rings. The lowest BCUT2D eigenvalue weighted by atomic mass is 10.1. The van der Waals surface area contributed by atoms with Crippen LogP contribution in [0.4, 0.5) is 5.69 Å². The van der Waals surface area contributed by atoms with E-state index in [0.29, 0.717) is 6.42 Å². The SMILES string of the molecule is Cc1cc(I)ccc1NC(=O)C1CCS(=O)(=O)C1. The quantitative estimate of drug-likeness (QED) is 0.800. The minimum atomic E-state index is -3.01. The molecule has 1 aliphatic heterocycles. The molecule has 4 nitrogen and oxygen atoms in total. The molecular weight excluding hydrogens is 365 g/mol. The highest BCUT2D eigenvalue weighted by Gasteiger charge is 2.33. The van der Waals surface area contributed by atoms with Gasteiger partial charge in [-0.2, -0.15) is 0 Å². The molecule has 0 saturated carbocycles. The molecule has 2 rings (SSSR count). The zero-order chi connectivity index (χ0) is 13.3. The predicted octanol–water partition coefficient (Wildman–Crippen LogP) is 1.97. The topological polar surface area (TPSA) is 63.2 Å². The lowest BCUT2D eigenvalue weighted by molar-refractivity contribution is -0.119. The van der Waals surface area contributed by atoms with Crippen molar-refractivity contribution in [2.75, 3.05) is 16.8 Å². The van der Waals surface area contributed by atoms with Crippen molar-refractivity contribution in [3.05, 3.63) is 27.3 Å². The standard InChI is InChI=1S/C12H14INO3S/c1-8-6-10(13)2-3-11(8)14-12(15)9-4-5-18(16,17)7-9/h2-3,6,9H,4-5,7H2,1H3,(H,14,15). The molecule has 0 aromatic heterocycles. The van der Waals surface area contributed by atoms with E-state index in [1.54, 1.807) is 0 Å². The second-order valence-corrected chi connectivity index (χ2v) is 8.02. The van der Waals surface area contributed by atoms with Crippen LogP contribution in [0.15, 0.2) is 18.2 Å². The van der Waals surface area contributed by atoms with Crippen LogP contribution in [0, 0.1) is 16.4 Å². The molecule has 1 aromatic rings. The zero-order valence-electron chi connectivity index (χ0n) is 9.94. The van der Waals surface area contributed by atoms with Gasteiger partial charge in [0.15, 0.2) is 9.84 Å². The molecule has 98 valence electrons. The van der Waals surface area contributed by atoms with Crippen molar-refractivity contribution in [1.29, 1.82) is 0 Å². The van der Waals surface area contributed by atoms with Gasteiger partial charge in [0.1, 0.15) is 0 Å². The average molecular weight is 379 g/mol. The Morgan fingerprint density at radius 3 is 2.72 bits per heavy atom. The average Bonchev–Trinajstić information content (AvgIpc) is 2.63. The first-order valence-corrected chi connectivity index (χ1v) is 8.55. The monoisotopic (exact) mass is 379 g/mol. The zero-order valence-corrected chi connectivity index (χ0v) is 12.9. The van der Waals surface area contributed by atoms with Crippen molar-refractivity contribution in [3.8, 4) is 0 Å². The number of hydrogen-bond acceptors (Lipinski definition) is 3. The fraction of sp³-hybridized carbons (Fsp3) is 0.417. The summed E-state index contributed by atoms with van der Waals surface area (Å²) in [6.07, 6.45) is 0.428. The maximum atomic E-state index is 12.0. The first kappa shape index (κ1) is 13.8. The van der Waals surface area contributed by atoms with Crippen LogP contribution in [0.5, 0.6) is 0 Å². The molecule has 1 aromatic carbocycles. The third-order valence-electron chi connectivity index (χ3n) is 3.05. The molecule has 1 N–H and O–H groups in total. The Hall–Kier alpha value is -0.630. The Bertz CT molecular complexity index is 583. The minimum Gasteiger partial charge on any atom is -0.326 e. The lowest BCUT2D eigenvalue weighted by Crippen LogP contribution is -2.24. The highest BCUT2D eigenvalue weighted by atomic mass is 127. The lowest BCUT2D eigenvalue weighted by Gasteiger charge is -2.11. The number of nitrogens with one attached hydrogen (secondary N) is 1. The highest BCUT2D eigenvalue weighted by Crippen LogP contribution is 2.22. The normalized spacial score (nSPS) is 21.8. The molecule has 0 radical (unpaired) electrons. The van der Waals surface area contributed by atoms with E-state index < -0.39 is 15.8 Å². The van der Waals surface area contributed by atoms with E-state index >= 15 is 0 Å². The van der Waals surface area contributed by atoms with Crippen LogP contribution in [0.3, 0.4) is 0 Å². The van der Waals surface area contributed by atoms with Gasteiger partial charge in [0.2, 0.25) is 5.91 Å². The van der Waals surface area contributed by atoms with Crippen LogP contribution >= 0.6 is 22.6 Å². The number of benzene rings is 1. The van der Waals surface area contributed by atoms with Gasteiger partial charge in [-0.05, 0) is 59.7 Å². The van der Waals surface area contributed by atoms with Crippen LogP contribution in [0.1, 0.15) is 12.0 Å². The largest absolute Gasteiger partial charge is 0.326 e. The van der Waals surface area contributed by atoms with Crippen molar-refractivity contribution >= 4 is 44.0 Å². The number of sulfone groups is 1. The van der Waals surface area contributed by atoms with Gasteiger partial charge in [-0.25, -0.2) is 8.42 Å². The number of aryl methyl sites for hydroxylation is 1. The van der Waals surface area contributed by atoms with Gasteiger partial charge in [-0.1, -0.05) is 0 Å². The van der Waals surface area contributed by atoms with Gasteiger partial charge in [0, 0.05) is 9.26 Å². The number of halogens is 1. The number of anilines is 1. The van der Waals surface area contributed by atoms with E-state index in [-0.39, 0.29) is 17.4 Å². The number of rotatable bonds is 2. The summed E-state index contributed by atoms with van der Waals surface area (Å²) in [6.45, 7) is 1.92. The van der Waals surface area contributed by atoms with E-state index in [1.165, 1.54) is 0 Å². The van der Waals surface area contributed by atoms with E-state index in [4.69, 9.17) is 0 Å². The Morgan fingerprint density at radius 2 is 2.17 bits per heavy atom. The summed E-state index contributed by atoms with van der Waals surface area (Å²) in [6, 6.07) is 5.73. The van der Waals surface area contributed by atoms with Crippen LogP contribution in [0.2, 0.25) is 0 Å². The van der Waals surface area contributed by atoms with E-state index in [0.717, 1.165) is 14.8 Å². The number of hydrogen-bond donors (Lipinski definition) is 1. The van der Waals surface area contributed by atoms with Gasteiger partial charge in [0.25, 0.3) is 0 Å². The molecular formula is C12H14INO3S. The molecule has 1 fully saturated rings. The van der Waals surface area contributed by atoms with Crippen molar-refractivity contribution in [3.63, 3.8) is 0 Å². The molecule has 1 atom stereocenters. The van der Waals surface area contributed by atoms with Crippen molar-refractivity contribution < 1.29 is 13.2 Å². The highest BCUT2D eigenvalue weighted by molar-refractivity contribution is 14.1. The van der Waals surface area contributed by atoms with E-state index in [9.17, 15) is 13.2 Å². The number of carbonyl (C=O) groups excluding carboxylic acids is 1. The Balaban J connectivity index is 2.08. The maximum Gasteiger partial charge on any atom is 0.228 e. The third-order valence-corrected chi connectivity index (χ3v) is 5.49. The second kappa shape index (κ2) is 5.16. The van der Waals surface area contributed by atoms with Gasteiger partial charge in [0.05, 0.1) is 17.4 Å². The predicted molar refractivity (Wildman–Crippen MR) is 79.3 cm³/mol. The number of carbonyl (C=O) groups is 1. The molecule has 18 heavy (non-hydrogen) atoms. The van der Waals surface area contributed by atoms with Crippen LogP contribution < -0.4 is 5.32 Å². The summed E-state index contributed by atoms with van der Waals surface area (Å²) in [5.74, 6) is -0.506. The Kier molecular flexibility index (Phi) is 3.96. The van der Waals surface area contributed by atoms with Crippen LogP contribution in [-0.4, -0.2) is 25.8 Å². The Morgan fingerprint density at radius 1 is 1.44 bits per heavy atom. The summed E-state index contributed by atoms with van der Waals surface area (Å²) in [5, 5.41) is 2.81. The molecule has 0 bridgehead atoms. The van der Waals surface area contributed by atoms with E-state index in [2.05, 4.69) is 27.9 Å². The first-order chi connectivity index (χ1) is 8.37. The fourth-order valence-corrected chi connectivity index (χ4v) is 4.39. The van der Waals surface area contributed by atoms with Gasteiger partial charge in [-0.3, -0.25) is 4.79 Å². The minimum absolute atomic E-state index is 0.0255. The van der Waals surface area contributed by atoms with Gasteiger partial charge >= 0.3 is 0 Å². The Labute approximate surface area is 120 Å². The molecule has 1 heterocycles.